The van der Waals surface area contributed by atoms with Gasteiger partial charge in [-0.2, -0.15) is 0 Å². The molecule has 3 rings (SSSR count). The van der Waals surface area contributed by atoms with Gasteiger partial charge in [-0.3, -0.25) is 4.90 Å². The van der Waals surface area contributed by atoms with Gasteiger partial charge in [0.15, 0.2) is 0 Å². The van der Waals surface area contributed by atoms with E-state index in [9.17, 15) is 0 Å². The normalized spacial score (nSPS) is 18.8. The highest BCUT2D eigenvalue weighted by molar-refractivity contribution is 5.45. The largest absolute Gasteiger partial charge is 0.383 e. The summed E-state index contributed by atoms with van der Waals surface area (Å²) in [7, 11) is 0. The van der Waals surface area contributed by atoms with Crippen LogP contribution in [0, 0.1) is 0 Å². The van der Waals surface area contributed by atoms with Crippen molar-refractivity contribution >= 4 is 5.82 Å². The summed E-state index contributed by atoms with van der Waals surface area (Å²) in [6.07, 6.45) is 1.55. The Morgan fingerprint density at radius 3 is 2.78 bits per heavy atom. The molecule has 4 nitrogen and oxygen atoms in total. The Bertz CT molecular complexity index is 553. The average Bonchev–Trinajstić information content (AvgIpc) is 2.69. The topological polar surface area (TPSA) is 55.0 Å². The molecular weight excluding hydrogens is 224 g/mol. The van der Waals surface area contributed by atoms with E-state index in [1.165, 1.54) is 5.56 Å². The minimum absolute atomic E-state index is 0.279. The number of anilines is 1. The van der Waals surface area contributed by atoms with Crippen LogP contribution in [0.2, 0.25) is 0 Å². The van der Waals surface area contributed by atoms with E-state index < -0.39 is 0 Å². The van der Waals surface area contributed by atoms with Crippen LogP contribution in [0.3, 0.4) is 0 Å². The van der Waals surface area contributed by atoms with Crippen molar-refractivity contribution in [1.29, 1.82) is 0 Å². The molecular formula is C14H16N4. The predicted octanol–water partition coefficient (Wildman–Crippen LogP) is 2.14. The first kappa shape index (κ1) is 11.2. The SMILES string of the molecule is CC1c2c(N)ncnc2CN1Cc1ccccc1. The zero-order chi connectivity index (χ0) is 12.5. The van der Waals surface area contributed by atoms with Crippen LogP contribution in [0.25, 0.3) is 0 Å². The molecule has 0 radical (unpaired) electrons. The molecule has 2 aromatic rings. The Morgan fingerprint density at radius 1 is 1.28 bits per heavy atom. The molecule has 0 spiro atoms. The highest BCUT2D eigenvalue weighted by Crippen LogP contribution is 2.35. The van der Waals surface area contributed by atoms with Gasteiger partial charge in [-0.25, -0.2) is 9.97 Å². The molecule has 0 aliphatic carbocycles. The summed E-state index contributed by atoms with van der Waals surface area (Å²) in [5.74, 6) is 0.614. The Labute approximate surface area is 106 Å². The Balaban J connectivity index is 1.85. The van der Waals surface area contributed by atoms with Gasteiger partial charge in [0.2, 0.25) is 0 Å². The second kappa shape index (κ2) is 4.38. The Morgan fingerprint density at radius 2 is 2.06 bits per heavy atom. The maximum atomic E-state index is 5.94. The number of rotatable bonds is 2. The van der Waals surface area contributed by atoms with Crippen LogP contribution < -0.4 is 5.73 Å². The van der Waals surface area contributed by atoms with Crippen molar-refractivity contribution in [3.63, 3.8) is 0 Å². The fourth-order valence-electron chi connectivity index (χ4n) is 2.55. The molecule has 1 aliphatic heterocycles. The molecule has 1 unspecified atom stereocenters. The lowest BCUT2D eigenvalue weighted by atomic mass is 10.1. The summed E-state index contributed by atoms with van der Waals surface area (Å²) >= 11 is 0. The highest BCUT2D eigenvalue weighted by atomic mass is 15.2. The molecule has 0 saturated carbocycles. The van der Waals surface area contributed by atoms with Gasteiger partial charge in [0.05, 0.1) is 5.69 Å². The van der Waals surface area contributed by atoms with E-state index >= 15 is 0 Å². The molecule has 0 bridgehead atoms. The number of nitrogens with zero attached hydrogens (tertiary/aromatic N) is 3. The van der Waals surface area contributed by atoms with Crippen LogP contribution in [-0.2, 0) is 13.1 Å². The summed E-state index contributed by atoms with van der Waals surface area (Å²) in [4.78, 5) is 10.8. The highest BCUT2D eigenvalue weighted by Gasteiger charge is 2.30. The van der Waals surface area contributed by atoms with Gasteiger partial charge in [0.1, 0.15) is 12.1 Å². The zero-order valence-electron chi connectivity index (χ0n) is 10.4. The summed E-state index contributed by atoms with van der Waals surface area (Å²) in [5, 5.41) is 0. The van der Waals surface area contributed by atoms with E-state index in [4.69, 9.17) is 5.73 Å². The number of benzene rings is 1. The van der Waals surface area contributed by atoms with Gasteiger partial charge >= 0.3 is 0 Å². The number of hydrogen-bond acceptors (Lipinski definition) is 4. The fraction of sp³-hybridized carbons (Fsp3) is 0.286. The molecule has 18 heavy (non-hydrogen) atoms. The van der Waals surface area contributed by atoms with E-state index in [0.29, 0.717) is 5.82 Å². The van der Waals surface area contributed by atoms with Gasteiger partial charge in [-0.15, -0.1) is 0 Å². The first-order valence-corrected chi connectivity index (χ1v) is 6.13. The lowest BCUT2D eigenvalue weighted by molar-refractivity contribution is 0.219. The van der Waals surface area contributed by atoms with E-state index in [1.54, 1.807) is 6.33 Å². The number of nitrogens with two attached hydrogens (primary N) is 1. The maximum Gasteiger partial charge on any atom is 0.131 e. The Kier molecular flexibility index (Phi) is 2.72. The monoisotopic (exact) mass is 240 g/mol. The van der Waals surface area contributed by atoms with Crippen LogP contribution in [-0.4, -0.2) is 14.9 Å². The van der Waals surface area contributed by atoms with Crippen LogP contribution in [0.4, 0.5) is 5.82 Å². The second-order valence-corrected chi connectivity index (χ2v) is 4.69. The van der Waals surface area contributed by atoms with E-state index in [2.05, 4.69) is 46.1 Å². The number of nitrogen functional groups attached to an aromatic ring is 1. The molecule has 4 heteroatoms. The van der Waals surface area contributed by atoms with Gasteiger partial charge in [0, 0.05) is 24.7 Å². The standard InChI is InChI=1S/C14H16N4/c1-10-13-12(16-9-17-14(13)15)8-18(10)7-11-5-3-2-4-6-11/h2-6,9-10H,7-8H2,1H3,(H2,15,16,17). The third-order valence-electron chi connectivity index (χ3n) is 3.54. The summed E-state index contributed by atoms with van der Waals surface area (Å²) < 4.78 is 0. The molecule has 0 saturated heterocycles. The fourth-order valence-corrected chi connectivity index (χ4v) is 2.55. The van der Waals surface area contributed by atoms with Gasteiger partial charge in [-0.05, 0) is 12.5 Å². The van der Waals surface area contributed by atoms with Crippen LogP contribution >= 0.6 is 0 Å². The molecule has 0 fully saturated rings. The smallest absolute Gasteiger partial charge is 0.131 e. The van der Waals surface area contributed by atoms with Crippen molar-refractivity contribution in [3.05, 3.63) is 53.5 Å². The van der Waals surface area contributed by atoms with Crippen LogP contribution in [0.1, 0.15) is 29.8 Å². The van der Waals surface area contributed by atoms with Crippen molar-refractivity contribution < 1.29 is 0 Å². The van der Waals surface area contributed by atoms with Crippen molar-refractivity contribution in [1.82, 2.24) is 14.9 Å². The lowest BCUT2D eigenvalue weighted by Gasteiger charge is -2.21. The third-order valence-corrected chi connectivity index (χ3v) is 3.54. The number of hydrogen-bond donors (Lipinski definition) is 1. The molecule has 1 aromatic heterocycles. The molecule has 1 aromatic carbocycles. The Hall–Kier alpha value is -1.94. The first-order chi connectivity index (χ1) is 8.75. The molecule has 2 heterocycles. The molecule has 1 atom stereocenters. The van der Waals surface area contributed by atoms with E-state index in [-0.39, 0.29) is 6.04 Å². The maximum absolute atomic E-state index is 5.94. The van der Waals surface area contributed by atoms with Gasteiger partial charge in [-0.1, -0.05) is 30.3 Å². The minimum atomic E-state index is 0.279. The van der Waals surface area contributed by atoms with Crippen LogP contribution in [0.15, 0.2) is 36.7 Å². The number of aromatic nitrogens is 2. The van der Waals surface area contributed by atoms with Gasteiger partial charge in [0.25, 0.3) is 0 Å². The minimum Gasteiger partial charge on any atom is -0.383 e. The lowest BCUT2D eigenvalue weighted by Crippen LogP contribution is -2.19. The van der Waals surface area contributed by atoms with E-state index in [0.717, 1.165) is 24.3 Å². The molecule has 2 N–H and O–H groups in total. The molecule has 1 aliphatic rings. The zero-order valence-corrected chi connectivity index (χ0v) is 10.4. The molecule has 92 valence electrons. The van der Waals surface area contributed by atoms with Crippen molar-refractivity contribution in [2.45, 2.75) is 26.1 Å². The average molecular weight is 240 g/mol. The first-order valence-electron chi connectivity index (χ1n) is 6.13. The van der Waals surface area contributed by atoms with E-state index in [1.807, 2.05) is 6.07 Å². The van der Waals surface area contributed by atoms with Crippen molar-refractivity contribution in [2.75, 3.05) is 5.73 Å². The van der Waals surface area contributed by atoms with Crippen LogP contribution in [0.5, 0.6) is 0 Å². The summed E-state index contributed by atoms with van der Waals surface area (Å²) in [6.45, 7) is 3.92. The summed E-state index contributed by atoms with van der Waals surface area (Å²) in [5.41, 5.74) is 9.40. The quantitative estimate of drug-likeness (QED) is 0.873. The van der Waals surface area contributed by atoms with Gasteiger partial charge < -0.3 is 5.73 Å². The predicted molar refractivity (Wildman–Crippen MR) is 70.5 cm³/mol. The van der Waals surface area contributed by atoms with Crippen molar-refractivity contribution in [2.24, 2.45) is 0 Å². The van der Waals surface area contributed by atoms with Crippen molar-refractivity contribution in [3.8, 4) is 0 Å². The third kappa shape index (κ3) is 1.84. The second-order valence-electron chi connectivity index (χ2n) is 4.69. The summed E-state index contributed by atoms with van der Waals surface area (Å²) in [6, 6.07) is 10.7. The number of fused-ring (bicyclic) bond motifs is 1. The molecule has 0 amide bonds.